The number of thiophene rings is 1. The lowest BCUT2D eigenvalue weighted by molar-refractivity contribution is 1.16. The van der Waals surface area contributed by atoms with Crippen molar-refractivity contribution in [3.05, 3.63) is 75.4 Å². The second-order valence-corrected chi connectivity index (χ2v) is 6.81. The normalized spacial score (nSPS) is 10.4. The van der Waals surface area contributed by atoms with Gasteiger partial charge in [-0.15, -0.1) is 11.3 Å². The van der Waals surface area contributed by atoms with Crippen molar-refractivity contribution in [2.24, 2.45) is 0 Å². The van der Waals surface area contributed by atoms with E-state index in [-0.39, 0.29) is 0 Å². The van der Waals surface area contributed by atoms with E-state index in [9.17, 15) is 0 Å². The molecule has 0 saturated heterocycles. The van der Waals surface area contributed by atoms with E-state index in [2.05, 4.69) is 81.2 Å². The Bertz CT molecular complexity index is 691. The molecule has 1 aromatic heterocycles. The molecule has 0 aliphatic rings. The quantitative estimate of drug-likeness (QED) is 0.632. The lowest BCUT2D eigenvalue weighted by atomic mass is 10.0. The summed E-state index contributed by atoms with van der Waals surface area (Å²) < 4.78 is 1.17. The summed E-state index contributed by atoms with van der Waals surface area (Å²) in [5, 5.41) is 5.70. The summed E-state index contributed by atoms with van der Waals surface area (Å²) in [5.41, 5.74) is 4.94. The Morgan fingerprint density at radius 2 is 1.70 bits per heavy atom. The molecule has 0 radical (unpaired) electrons. The molecule has 1 N–H and O–H groups in total. The zero-order valence-electron chi connectivity index (χ0n) is 10.8. The molecular formula is C17H14BrNS. The Hall–Kier alpha value is -1.58. The first-order valence-corrected chi connectivity index (χ1v) is 8.11. The lowest BCUT2D eigenvalue weighted by Crippen LogP contribution is -1.99. The summed E-state index contributed by atoms with van der Waals surface area (Å²) in [6.07, 6.45) is 0. The maximum Gasteiger partial charge on any atom is 0.0701 e. The zero-order valence-corrected chi connectivity index (χ0v) is 13.2. The number of para-hydroxylation sites is 1. The van der Waals surface area contributed by atoms with E-state index in [1.807, 2.05) is 6.07 Å². The summed E-state index contributed by atoms with van der Waals surface area (Å²) in [4.78, 5) is 0. The van der Waals surface area contributed by atoms with Gasteiger partial charge in [0.15, 0.2) is 0 Å². The lowest BCUT2D eigenvalue weighted by Gasteiger charge is -2.11. The van der Waals surface area contributed by atoms with Crippen LogP contribution in [0.25, 0.3) is 11.1 Å². The minimum atomic E-state index is 0.839. The second kappa shape index (κ2) is 6.25. The number of benzene rings is 2. The summed E-state index contributed by atoms with van der Waals surface area (Å²) in [7, 11) is 0. The molecule has 0 unspecified atom stereocenters. The van der Waals surface area contributed by atoms with Gasteiger partial charge in [-0.05, 0) is 44.6 Å². The van der Waals surface area contributed by atoms with Crippen LogP contribution in [0, 0.1) is 0 Å². The molecule has 0 aliphatic carbocycles. The Morgan fingerprint density at radius 1 is 0.950 bits per heavy atom. The van der Waals surface area contributed by atoms with E-state index >= 15 is 0 Å². The second-order valence-electron chi connectivity index (χ2n) is 4.52. The van der Waals surface area contributed by atoms with E-state index < -0.39 is 0 Å². The van der Waals surface area contributed by atoms with Crippen molar-refractivity contribution in [1.82, 2.24) is 0 Å². The van der Waals surface area contributed by atoms with Crippen molar-refractivity contribution in [1.29, 1.82) is 0 Å². The molecule has 0 fully saturated rings. The molecule has 1 heterocycles. The van der Waals surface area contributed by atoms with Gasteiger partial charge in [-0.2, -0.15) is 0 Å². The monoisotopic (exact) mass is 343 g/mol. The van der Waals surface area contributed by atoms with Crippen molar-refractivity contribution in [2.45, 2.75) is 6.54 Å². The van der Waals surface area contributed by atoms with Crippen LogP contribution >= 0.6 is 27.3 Å². The number of rotatable bonds is 4. The van der Waals surface area contributed by atoms with E-state index in [1.54, 1.807) is 11.3 Å². The fourth-order valence-electron chi connectivity index (χ4n) is 2.14. The molecule has 0 saturated carbocycles. The highest BCUT2D eigenvalue weighted by Gasteiger charge is 2.04. The van der Waals surface area contributed by atoms with Crippen LogP contribution in [0.2, 0.25) is 0 Å². The molecule has 3 aromatic rings. The predicted molar refractivity (Wildman–Crippen MR) is 91.2 cm³/mol. The van der Waals surface area contributed by atoms with Gasteiger partial charge in [-0.25, -0.2) is 0 Å². The molecule has 0 atom stereocenters. The van der Waals surface area contributed by atoms with Crippen LogP contribution in [0.5, 0.6) is 0 Å². The van der Waals surface area contributed by atoms with E-state index in [4.69, 9.17) is 0 Å². The van der Waals surface area contributed by atoms with Gasteiger partial charge < -0.3 is 5.32 Å². The molecular weight excluding hydrogens is 330 g/mol. The highest BCUT2D eigenvalue weighted by molar-refractivity contribution is 9.11. The highest BCUT2D eigenvalue weighted by atomic mass is 79.9. The van der Waals surface area contributed by atoms with Gasteiger partial charge in [0.05, 0.1) is 3.79 Å². The first-order chi connectivity index (χ1) is 9.83. The average molecular weight is 344 g/mol. The van der Waals surface area contributed by atoms with Crippen molar-refractivity contribution in [3.8, 4) is 11.1 Å². The van der Waals surface area contributed by atoms with Crippen LogP contribution in [-0.4, -0.2) is 0 Å². The van der Waals surface area contributed by atoms with Gasteiger partial charge in [0.25, 0.3) is 0 Å². The van der Waals surface area contributed by atoms with Crippen molar-refractivity contribution < 1.29 is 0 Å². The molecule has 1 nitrogen and oxygen atoms in total. The zero-order chi connectivity index (χ0) is 13.8. The highest BCUT2D eigenvalue weighted by Crippen LogP contribution is 2.28. The molecule has 20 heavy (non-hydrogen) atoms. The smallest absolute Gasteiger partial charge is 0.0701 e. The van der Waals surface area contributed by atoms with Crippen molar-refractivity contribution in [2.75, 3.05) is 5.32 Å². The SMILES string of the molecule is Brc1cc(CNc2ccccc2-c2ccccc2)cs1. The Kier molecular flexibility index (Phi) is 4.19. The Morgan fingerprint density at radius 3 is 2.45 bits per heavy atom. The summed E-state index contributed by atoms with van der Waals surface area (Å²) in [5.74, 6) is 0. The number of halogens is 1. The van der Waals surface area contributed by atoms with Crippen LogP contribution in [0.15, 0.2) is 69.8 Å². The van der Waals surface area contributed by atoms with Crippen molar-refractivity contribution >= 4 is 33.0 Å². The predicted octanol–water partition coefficient (Wildman–Crippen LogP) is 5.79. The first kappa shape index (κ1) is 13.4. The van der Waals surface area contributed by atoms with Crippen LogP contribution < -0.4 is 5.32 Å². The Labute approximate surface area is 131 Å². The molecule has 3 heteroatoms. The maximum atomic E-state index is 3.53. The minimum Gasteiger partial charge on any atom is -0.380 e. The van der Waals surface area contributed by atoms with Crippen molar-refractivity contribution in [3.63, 3.8) is 0 Å². The largest absolute Gasteiger partial charge is 0.380 e. The third-order valence-corrected chi connectivity index (χ3v) is 4.67. The molecule has 0 amide bonds. The van der Waals surface area contributed by atoms with Crippen LogP contribution in [-0.2, 0) is 6.54 Å². The average Bonchev–Trinajstić information content (AvgIpc) is 2.92. The fourth-order valence-corrected chi connectivity index (χ4v) is 3.35. The topological polar surface area (TPSA) is 12.0 Å². The van der Waals surface area contributed by atoms with Gasteiger partial charge in [0.2, 0.25) is 0 Å². The van der Waals surface area contributed by atoms with Gasteiger partial charge in [0, 0.05) is 17.8 Å². The summed E-state index contributed by atoms with van der Waals surface area (Å²) in [6, 6.07) is 21.1. The maximum absolute atomic E-state index is 3.53. The molecule has 2 aromatic carbocycles. The fraction of sp³-hybridized carbons (Fsp3) is 0.0588. The molecule has 3 rings (SSSR count). The standard InChI is InChI=1S/C17H14BrNS/c18-17-10-13(12-20-17)11-19-16-9-5-4-8-15(16)14-6-2-1-3-7-14/h1-10,12,19H,11H2. The van der Waals surface area contributed by atoms with Gasteiger partial charge in [-0.1, -0.05) is 48.5 Å². The minimum absolute atomic E-state index is 0.839. The van der Waals surface area contributed by atoms with E-state index in [0.29, 0.717) is 0 Å². The number of hydrogen-bond acceptors (Lipinski definition) is 2. The number of hydrogen-bond donors (Lipinski definition) is 1. The molecule has 0 aliphatic heterocycles. The molecule has 0 spiro atoms. The molecule has 100 valence electrons. The van der Waals surface area contributed by atoms with E-state index in [1.165, 1.54) is 26.2 Å². The van der Waals surface area contributed by atoms with Crippen LogP contribution in [0.1, 0.15) is 5.56 Å². The van der Waals surface area contributed by atoms with E-state index in [0.717, 1.165) is 6.54 Å². The van der Waals surface area contributed by atoms with Gasteiger partial charge >= 0.3 is 0 Å². The van der Waals surface area contributed by atoms with Crippen LogP contribution in [0.3, 0.4) is 0 Å². The van der Waals surface area contributed by atoms with Gasteiger partial charge in [-0.3, -0.25) is 0 Å². The summed E-state index contributed by atoms with van der Waals surface area (Å²) in [6.45, 7) is 0.839. The Balaban J connectivity index is 1.83. The molecule has 0 bridgehead atoms. The van der Waals surface area contributed by atoms with Gasteiger partial charge in [0.1, 0.15) is 0 Å². The third-order valence-electron chi connectivity index (χ3n) is 3.12. The first-order valence-electron chi connectivity index (χ1n) is 6.44. The third kappa shape index (κ3) is 3.11. The number of anilines is 1. The summed E-state index contributed by atoms with van der Waals surface area (Å²) >= 11 is 5.22. The van der Waals surface area contributed by atoms with Crippen LogP contribution in [0.4, 0.5) is 5.69 Å². The number of nitrogens with one attached hydrogen (secondary N) is 1.